The van der Waals surface area contributed by atoms with E-state index in [1.165, 1.54) is 18.2 Å². The van der Waals surface area contributed by atoms with Gasteiger partial charge in [-0.1, -0.05) is 39.7 Å². The van der Waals surface area contributed by atoms with Crippen LogP contribution in [0.15, 0.2) is 40.9 Å². The van der Waals surface area contributed by atoms with Gasteiger partial charge in [0, 0.05) is 9.50 Å². The summed E-state index contributed by atoms with van der Waals surface area (Å²) in [7, 11) is 0. The molecule has 0 atom stereocenters. The van der Waals surface area contributed by atoms with E-state index in [2.05, 4.69) is 15.9 Å². The van der Waals surface area contributed by atoms with Gasteiger partial charge in [-0.25, -0.2) is 9.59 Å². The van der Waals surface area contributed by atoms with Crippen molar-refractivity contribution in [2.45, 2.75) is 12.8 Å². The zero-order valence-electron chi connectivity index (χ0n) is 11.3. The first-order chi connectivity index (χ1) is 10.4. The highest BCUT2D eigenvalue weighted by Crippen LogP contribution is 2.24. The second-order valence-electron chi connectivity index (χ2n) is 4.68. The molecule has 6 heteroatoms. The summed E-state index contributed by atoms with van der Waals surface area (Å²) in [4.78, 5) is 22.6. The number of hydrogen-bond donors (Lipinski definition) is 2. The Labute approximate surface area is 140 Å². The fourth-order valence-electron chi connectivity index (χ4n) is 2.24. The number of carboxylic acid groups (broad SMARTS) is 2. The summed E-state index contributed by atoms with van der Waals surface area (Å²) >= 11 is 9.45. The van der Waals surface area contributed by atoms with E-state index >= 15 is 0 Å². The Bertz CT molecular complexity index is 711. The third kappa shape index (κ3) is 3.67. The van der Waals surface area contributed by atoms with E-state index < -0.39 is 11.9 Å². The van der Waals surface area contributed by atoms with Gasteiger partial charge >= 0.3 is 11.9 Å². The molecule has 2 aromatic rings. The Balaban J connectivity index is 2.35. The number of aryl methyl sites for hydroxylation is 1. The molecular formula is C16H12BrClO4. The molecule has 0 heterocycles. The lowest BCUT2D eigenvalue weighted by molar-refractivity contribution is 0.0695. The summed E-state index contributed by atoms with van der Waals surface area (Å²) in [6.45, 7) is 0. The van der Waals surface area contributed by atoms with Gasteiger partial charge in [0.2, 0.25) is 0 Å². The summed E-state index contributed by atoms with van der Waals surface area (Å²) in [5.74, 6) is -2.28. The average Bonchev–Trinajstić information content (AvgIpc) is 2.45. The summed E-state index contributed by atoms with van der Waals surface area (Å²) in [6.07, 6.45) is 0.738. The standard InChI is InChI=1S/C16H12BrClO4/c17-10-6-4-9(14(18)8-10)5-7-11-12(15(19)20)2-1-3-13(11)16(21)22/h1-4,6,8H,5,7H2,(H,19,20)(H,21,22). The zero-order valence-corrected chi connectivity index (χ0v) is 13.7. The van der Waals surface area contributed by atoms with Gasteiger partial charge in [0.15, 0.2) is 0 Å². The van der Waals surface area contributed by atoms with E-state index in [0.717, 1.165) is 10.0 Å². The van der Waals surface area contributed by atoms with Crippen LogP contribution >= 0.6 is 27.5 Å². The van der Waals surface area contributed by atoms with Crippen LogP contribution in [0.1, 0.15) is 31.8 Å². The molecule has 0 bridgehead atoms. The van der Waals surface area contributed by atoms with Crippen molar-refractivity contribution in [3.63, 3.8) is 0 Å². The van der Waals surface area contributed by atoms with Crippen molar-refractivity contribution >= 4 is 39.5 Å². The van der Waals surface area contributed by atoms with E-state index in [4.69, 9.17) is 11.6 Å². The minimum absolute atomic E-state index is 0.00753. The lowest BCUT2D eigenvalue weighted by Gasteiger charge is -2.11. The predicted octanol–water partition coefficient (Wildman–Crippen LogP) is 4.28. The lowest BCUT2D eigenvalue weighted by atomic mass is 9.95. The van der Waals surface area contributed by atoms with Crippen molar-refractivity contribution < 1.29 is 19.8 Å². The van der Waals surface area contributed by atoms with Crippen molar-refractivity contribution in [3.8, 4) is 0 Å². The number of carbonyl (C=O) groups is 2. The molecule has 0 spiro atoms. The van der Waals surface area contributed by atoms with Crippen LogP contribution in [0.5, 0.6) is 0 Å². The Morgan fingerprint density at radius 2 is 1.59 bits per heavy atom. The molecule has 114 valence electrons. The van der Waals surface area contributed by atoms with E-state index in [1.54, 1.807) is 6.07 Å². The molecule has 0 aromatic heterocycles. The maximum absolute atomic E-state index is 11.3. The van der Waals surface area contributed by atoms with Crippen LogP contribution in [0.3, 0.4) is 0 Å². The van der Waals surface area contributed by atoms with Gasteiger partial charge in [0.1, 0.15) is 0 Å². The second-order valence-corrected chi connectivity index (χ2v) is 6.00. The van der Waals surface area contributed by atoms with Crippen LogP contribution in [0, 0.1) is 0 Å². The van der Waals surface area contributed by atoms with E-state index in [1.807, 2.05) is 12.1 Å². The van der Waals surface area contributed by atoms with E-state index in [9.17, 15) is 19.8 Å². The molecular weight excluding hydrogens is 372 g/mol. The third-order valence-electron chi connectivity index (χ3n) is 3.30. The molecule has 2 rings (SSSR count). The van der Waals surface area contributed by atoms with E-state index in [0.29, 0.717) is 17.0 Å². The van der Waals surface area contributed by atoms with Crippen molar-refractivity contribution in [1.29, 1.82) is 0 Å². The van der Waals surface area contributed by atoms with Crippen LogP contribution in [-0.4, -0.2) is 22.2 Å². The van der Waals surface area contributed by atoms with Crippen molar-refractivity contribution in [2.24, 2.45) is 0 Å². The first kappa shape index (κ1) is 16.5. The topological polar surface area (TPSA) is 74.6 Å². The summed E-state index contributed by atoms with van der Waals surface area (Å²) in [5.41, 5.74) is 1.16. The summed E-state index contributed by atoms with van der Waals surface area (Å²) in [6, 6.07) is 9.67. The number of halogens is 2. The molecule has 0 saturated heterocycles. The molecule has 0 amide bonds. The quantitative estimate of drug-likeness (QED) is 0.808. The molecule has 0 saturated carbocycles. The number of hydrogen-bond acceptors (Lipinski definition) is 2. The molecule has 4 nitrogen and oxygen atoms in total. The molecule has 0 aliphatic rings. The predicted molar refractivity (Wildman–Crippen MR) is 86.9 cm³/mol. The van der Waals surface area contributed by atoms with Crippen LogP contribution in [0.4, 0.5) is 0 Å². The zero-order chi connectivity index (χ0) is 16.3. The Morgan fingerprint density at radius 1 is 1.00 bits per heavy atom. The monoisotopic (exact) mass is 382 g/mol. The maximum Gasteiger partial charge on any atom is 0.335 e. The van der Waals surface area contributed by atoms with Crippen LogP contribution in [0.2, 0.25) is 5.02 Å². The molecule has 22 heavy (non-hydrogen) atoms. The van der Waals surface area contributed by atoms with Gasteiger partial charge in [0.25, 0.3) is 0 Å². The van der Waals surface area contributed by atoms with Gasteiger partial charge < -0.3 is 10.2 Å². The Kier molecular flexibility index (Phi) is 5.21. The molecule has 0 radical (unpaired) electrons. The van der Waals surface area contributed by atoms with Gasteiger partial charge in [-0.3, -0.25) is 0 Å². The van der Waals surface area contributed by atoms with Crippen LogP contribution in [0.25, 0.3) is 0 Å². The molecule has 0 unspecified atom stereocenters. The number of benzene rings is 2. The van der Waals surface area contributed by atoms with Crippen molar-refractivity contribution in [3.05, 3.63) is 68.1 Å². The highest BCUT2D eigenvalue weighted by molar-refractivity contribution is 9.10. The minimum Gasteiger partial charge on any atom is -0.478 e. The highest BCUT2D eigenvalue weighted by atomic mass is 79.9. The van der Waals surface area contributed by atoms with Crippen molar-refractivity contribution in [2.75, 3.05) is 0 Å². The first-order valence-corrected chi connectivity index (χ1v) is 7.59. The third-order valence-corrected chi connectivity index (χ3v) is 4.14. The Morgan fingerprint density at radius 3 is 2.09 bits per heavy atom. The van der Waals surface area contributed by atoms with Crippen LogP contribution < -0.4 is 0 Å². The van der Waals surface area contributed by atoms with Gasteiger partial charge in [-0.2, -0.15) is 0 Å². The lowest BCUT2D eigenvalue weighted by Crippen LogP contribution is -2.11. The van der Waals surface area contributed by atoms with E-state index in [-0.39, 0.29) is 17.5 Å². The molecule has 2 aromatic carbocycles. The minimum atomic E-state index is -1.14. The largest absolute Gasteiger partial charge is 0.478 e. The smallest absolute Gasteiger partial charge is 0.335 e. The maximum atomic E-state index is 11.3. The highest BCUT2D eigenvalue weighted by Gasteiger charge is 2.18. The molecule has 0 aliphatic heterocycles. The van der Waals surface area contributed by atoms with Gasteiger partial charge in [-0.05, 0) is 48.2 Å². The van der Waals surface area contributed by atoms with Gasteiger partial charge in [0.05, 0.1) is 11.1 Å². The first-order valence-electron chi connectivity index (χ1n) is 6.42. The fourth-order valence-corrected chi connectivity index (χ4v) is 3.01. The number of carboxylic acids is 2. The summed E-state index contributed by atoms with van der Waals surface area (Å²) in [5, 5.41) is 19.0. The van der Waals surface area contributed by atoms with Crippen molar-refractivity contribution in [1.82, 2.24) is 0 Å². The Hall–Kier alpha value is -1.85. The molecule has 2 N–H and O–H groups in total. The fraction of sp³-hybridized carbons (Fsp3) is 0.125. The van der Waals surface area contributed by atoms with Gasteiger partial charge in [-0.15, -0.1) is 0 Å². The molecule has 0 fully saturated rings. The van der Waals surface area contributed by atoms with Crippen LogP contribution in [-0.2, 0) is 12.8 Å². The normalized spacial score (nSPS) is 10.5. The second kappa shape index (κ2) is 6.94. The average molecular weight is 384 g/mol. The number of aromatic carboxylic acids is 2. The molecule has 0 aliphatic carbocycles. The summed E-state index contributed by atoms with van der Waals surface area (Å²) < 4.78 is 0.846. The number of rotatable bonds is 5. The SMILES string of the molecule is O=C(O)c1cccc(C(=O)O)c1CCc1ccc(Br)cc1Cl.